The molecule has 1 aromatic heterocycles. The lowest BCUT2D eigenvalue weighted by Gasteiger charge is -2.30. The quantitative estimate of drug-likeness (QED) is 0.812. The van der Waals surface area contributed by atoms with E-state index in [9.17, 15) is 4.79 Å². The Morgan fingerprint density at radius 2 is 2.19 bits per heavy atom. The zero-order valence-electron chi connectivity index (χ0n) is 15.8. The summed E-state index contributed by atoms with van der Waals surface area (Å²) in [4.78, 5) is 19.3. The normalized spacial score (nSPS) is 29.1. The number of carbonyl (C=O) groups excluding carboxylic acids is 1. The first-order valence-electron chi connectivity index (χ1n) is 10.0. The largest absolute Gasteiger partial charge is 0.381 e. The van der Waals surface area contributed by atoms with Crippen molar-refractivity contribution in [3.05, 3.63) is 29.6 Å². The molecule has 4 rings (SSSR count). The Morgan fingerprint density at radius 1 is 1.35 bits per heavy atom. The van der Waals surface area contributed by atoms with Gasteiger partial charge in [0.15, 0.2) is 0 Å². The molecule has 26 heavy (non-hydrogen) atoms. The number of hydrogen-bond acceptors (Lipinski definition) is 4. The Bertz CT molecular complexity index is 644. The predicted molar refractivity (Wildman–Crippen MR) is 98.5 cm³/mol. The van der Waals surface area contributed by atoms with Crippen molar-refractivity contribution in [3.63, 3.8) is 0 Å². The predicted octanol–water partition coefficient (Wildman–Crippen LogP) is 2.96. The van der Waals surface area contributed by atoms with E-state index in [-0.39, 0.29) is 11.3 Å². The van der Waals surface area contributed by atoms with Gasteiger partial charge in [-0.15, -0.1) is 0 Å². The standard InChI is InChI=1S/C21H30N2O3/c1-16-9-17(11-22-10-16)13-26-15-21-6-2-3-19(21)12-23(14-21)20(24)18-4-7-25-8-5-18/h9-11,18-19H,2-8,12-15H2,1H3/t19-,21+/m1/s1. The summed E-state index contributed by atoms with van der Waals surface area (Å²) < 4.78 is 11.6. The van der Waals surface area contributed by atoms with Crippen LogP contribution in [-0.2, 0) is 20.9 Å². The lowest BCUT2D eigenvalue weighted by molar-refractivity contribution is -0.138. The van der Waals surface area contributed by atoms with Gasteiger partial charge >= 0.3 is 0 Å². The van der Waals surface area contributed by atoms with E-state index in [2.05, 4.69) is 22.9 Å². The van der Waals surface area contributed by atoms with Crippen LogP contribution in [0.5, 0.6) is 0 Å². The number of carbonyl (C=O) groups is 1. The van der Waals surface area contributed by atoms with Crippen LogP contribution in [0.1, 0.15) is 43.2 Å². The third kappa shape index (κ3) is 3.65. The van der Waals surface area contributed by atoms with Crippen molar-refractivity contribution in [1.29, 1.82) is 0 Å². The number of fused-ring (bicyclic) bond motifs is 1. The van der Waals surface area contributed by atoms with Gasteiger partial charge in [-0.1, -0.05) is 12.5 Å². The molecular weight excluding hydrogens is 328 g/mol. The summed E-state index contributed by atoms with van der Waals surface area (Å²) >= 11 is 0. The second-order valence-electron chi connectivity index (χ2n) is 8.42. The van der Waals surface area contributed by atoms with Gasteiger partial charge < -0.3 is 14.4 Å². The van der Waals surface area contributed by atoms with E-state index in [1.165, 1.54) is 19.3 Å². The van der Waals surface area contributed by atoms with Gasteiger partial charge in [-0.2, -0.15) is 0 Å². The molecule has 142 valence electrons. The van der Waals surface area contributed by atoms with Crippen LogP contribution in [-0.4, -0.2) is 48.7 Å². The summed E-state index contributed by atoms with van der Waals surface area (Å²) in [6.07, 6.45) is 9.18. The van der Waals surface area contributed by atoms with E-state index < -0.39 is 0 Å². The van der Waals surface area contributed by atoms with Crippen LogP contribution in [0.2, 0.25) is 0 Å². The third-order valence-corrected chi connectivity index (χ3v) is 6.51. The average Bonchev–Trinajstić information content (AvgIpc) is 3.19. The number of nitrogens with zero attached hydrogens (tertiary/aromatic N) is 2. The van der Waals surface area contributed by atoms with Gasteiger partial charge in [0.25, 0.3) is 0 Å². The minimum Gasteiger partial charge on any atom is -0.381 e. The molecule has 2 aliphatic heterocycles. The molecule has 1 amide bonds. The highest BCUT2D eigenvalue weighted by Crippen LogP contribution is 2.49. The summed E-state index contributed by atoms with van der Waals surface area (Å²) in [7, 11) is 0. The molecule has 0 aromatic carbocycles. The molecular formula is C21H30N2O3. The number of pyridine rings is 1. The van der Waals surface area contributed by atoms with Crippen LogP contribution in [0.25, 0.3) is 0 Å². The average molecular weight is 358 g/mol. The SMILES string of the molecule is Cc1cncc(COC[C@@]23CCC[C@@H]2CN(C(=O)C2CCOCC2)C3)c1. The zero-order chi connectivity index (χ0) is 18.0. The molecule has 0 spiro atoms. The third-order valence-electron chi connectivity index (χ3n) is 6.51. The Kier molecular flexibility index (Phi) is 5.28. The first-order valence-corrected chi connectivity index (χ1v) is 10.0. The molecule has 3 aliphatic rings. The minimum absolute atomic E-state index is 0.165. The number of aromatic nitrogens is 1. The smallest absolute Gasteiger partial charge is 0.225 e. The van der Waals surface area contributed by atoms with E-state index >= 15 is 0 Å². The van der Waals surface area contributed by atoms with E-state index in [4.69, 9.17) is 9.47 Å². The van der Waals surface area contributed by atoms with Crippen LogP contribution in [0, 0.1) is 24.2 Å². The lowest BCUT2D eigenvalue weighted by atomic mass is 9.81. The molecule has 2 saturated heterocycles. The summed E-state index contributed by atoms with van der Waals surface area (Å²) in [5, 5.41) is 0. The van der Waals surface area contributed by atoms with E-state index in [0.29, 0.717) is 18.4 Å². The molecule has 3 heterocycles. The molecule has 1 saturated carbocycles. The van der Waals surface area contributed by atoms with Gasteiger partial charge in [-0.3, -0.25) is 9.78 Å². The number of likely N-dealkylation sites (tertiary alicyclic amines) is 1. The minimum atomic E-state index is 0.165. The highest BCUT2D eigenvalue weighted by Gasteiger charge is 2.51. The van der Waals surface area contributed by atoms with E-state index in [1.807, 2.05) is 12.4 Å². The highest BCUT2D eigenvalue weighted by molar-refractivity contribution is 5.79. The lowest BCUT2D eigenvalue weighted by Crippen LogP contribution is -2.39. The van der Waals surface area contributed by atoms with Crippen molar-refractivity contribution < 1.29 is 14.3 Å². The van der Waals surface area contributed by atoms with Gasteiger partial charge in [0.05, 0.1) is 13.2 Å². The second-order valence-corrected chi connectivity index (χ2v) is 8.42. The fraction of sp³-hybridized carbons (Fsp3) is 0.714. The number of aryl methyl sites for hydroxylation is 1. The van der Waals surface area contributed by atoms with Gasteiger partial charge in [0.2, 0.25) is 5.91 Å². The molecule has 5 heteroatoms. The van der Waals surface area contributed by atoms with Crippen LogP contribution >= 0.6 is 0 Å². The second kappa shape index (κ2) is 7.65. The monoisotopic (exact) mass is 358 g/mol. The maximum Gasteiger partial charge on any atom is 0.225 e. The van der Waals surface area contributed by atoms with Crippen LogP contribution in [0.3, 0.4) is 0 Å². The molecule has 0 unspecified atom stereocenters. The Balaban J connectivity index is 1.36. The Labute approximate surface area is 156 Å². The van der Waals surface area contributed by atoms with Crippen LogP contribution in [0.4, 0.5) is 0 Å². The molecule has 0 N–H and O–H groups in total. The topological polar surface area (TPSA) is 51.7 Å². The first kappa shape index (κ1) is 17.9. The number of ether oxygens (including phenoxy) is 2. The van der Waals surface area contributed by atoms with Gasteiger partial charge in [0, 0.05) is 50.0 Å². The molecule has 1 aliphatic carbocycles. The molecule has 1 aromatic rings. The fourth-order valence-corrected chi connectivity index (χ4v) is 5.09. The Hall–Kier alpha value is -1.46. The Morgan fingerprint density at radius 3 is 3.00 bits per heavy atom. The van der Waals surface area contributed by atoms with Crippen molar-refractivity contribution >= 4 is 5.91 Å². The fourth-order valence-electron chi connectivity index (χ4n) is 5.09. The maximum absolute atomic E-state index is 12.9. The van der Waals surface area contributed by atoms with Gasteiger partial charge in [-0.25, -0.2) is 0 Å². The number of rotatable bonds is 5. The summed E-state index contributed by atoms with van der Waals surface area (Å²) in [6.45, 7) is 6.67. The highest BCUT2D eigenvalue weighted by atomic mass is 16.5. The van der Waals surface area contributed by atoms with Gasteiger partial charge in [0.1, 0.15) is 0 Å². The molecule has 2 atom stereocenters. The molecule has 3 fully saturated rings. The molecule has 0 radical (unpaired) electrons. The van der Waals surface area contributed by atoms with Crippen LogP contribution < -0.4 is 0 Å². The summed E-state index contributed by atoms with van der Waals surface area (Å²) in [6, 6.07) is 2.13. The van der Waals surface area contributed by atoms with Crippen molar-refractivity contribution in [1.82, 2.24) is 9.88 Å². The van der Waals surface area contributed by atoms with Crippen molar-refractivity contribution in [2.24, 2.45) is 17.3 Å². The number of hydrogen-bond donors (Lipinski definition) is 0. The molecule has 5 nitrogen and oxygen atoms in total. The van der Waals surface area contributed by atoms with E-state index in [0.717, 1.165) is 56.9 Å². The van der Waals surface area contributed by atoms with Crippen molar-refractivity contribution in [2.45, 2.75) is 45.6 Å². The number of amides is 1. The van der Waals surface area contributed by atoms with E-state index in [1.54, 1.807) is 0 Å². The maximum atomic E-state index is 12.9. The van der Waals surface area contributed by atoms with Crippen molar-refractivity contribution in [3.8, 4) is 0 Å². The summed E-state index contributed by atoms with van der Waals surface area (Å²) in [5.41, 5.74) is 2.46. The van der Waals surface area contributed by atoms with Gasteiger partial charge in [-0.05, 0) is 49.7 Å². The zero-order valence-corrected chi connectivity index (χ0v) is 15.8. The van der Waals surface area contributed by atoms with Crippen molar-refractivity contribution in [2.75, 3.05) is 32.9 Å². The van der Waals surface area contributed by atoms with Crippen LogP contribution in [0.15, 0.2) is 18.5 Å². The first-order chi connectivity index (χ1) is 12.7. The summed E-state index contributed by atoms with van der Waals surface area (Å²) in [5.74, 6) is 1.12. The molecule has 0 bridgehead atoms.